The maximum absolute atomic E-state index is 11.4. The van der Waals surface area contributed by atoms with Gasteiger partial charge in [-0.1, -0.05) is 29.4 Å². The molecule has 0 aliphatic heterocycles. The summed E-state index contributed by atoms with van der Waals surface area (Å²) in [6.07, 6.45) is 4.53. The Balaban J connectivity index is 4.28. The van der Waals surface area contributed by atoms with Crippen molar-refractivity contribution in [3.8, 4) is 0 Å². The van der Waals surface area contributed by atoms with Crippen molar-refractivity contribution in [3.63, 3.8) is 0 Å². The van der Waals surface area contributed by atoms with E-state index in [9.17, 15) is 4.79 Å². The second kappa shape index (κ2) is 7.88. The van der Waals surface area contributed by atoms with E-state index in [4.69, 9.17) is 4.74 Å². The van der Waals surface area contributed by atoms with Gasteiger partial charge in [0.25, 0.3) is 0 Å². The summed E-state index contributed by atoms with van der Waals surface area (Å²) in [6.45, 7) is 14.2. The smallest absolute Gasteiger partial charge is 0.330 e. The summed E-state index contributed by atoms with van der Waals surface area (Å²) in [5, 5.41) is 0. The van der Waals surface area contributed by atoms with Gasteiger partial charge in [0.1, 0.15) is 0 Å². The number of carbonyl (C=O) groups is 1. The molecule has 0 radical (unpaired) electrons. The minimum atomic E-state index is -0.270. The van der Waals surface area contributed by atoms with Crippen LogP contribution in [0.4, 0.5) is 0 Å². The van der Waals surface area contributed by atoms with Crippen LogP contribution >= 0.6 is 0 Å². The average Bonchev–Trinajstić information content (AvgIpc) is 2.15. The van der Waals surface area contributed by atoms with Gasteiger partial charge in [0.2, 0.25) is 0 Å². The number of ether oxygens (including phenoxy) is 1. The molecule has 0 amide bonds. The maximum Gasteiger partial charge on any atom is 0.330 e. The Labute approximate surface area is 105 Å². The normalized spacial score (nSPS) is 11.4. The first-order valence-electron chi connectivity index (χ1n) is 5.93. The molecule has 2 heteroatoms. The van der Waals surface area contributed by atoms with E-state index in [1.54, 1.807) is 0 Å². The number of esters is 1. The monoisotopic (exact) mass is 236 g/mol. The van der Waals surface area contributed by atoms with Gasteiger partial charge in [-0.3, -0.25) is 0 Å². The minimum absolute atomic E-state index is 0.208. The third-order valence-corrected chi connectivity index (χ3v) is 2.34. The minimum Gasteiger partial charge on any atom is -0.462 e. The van der Waals surface area contributed by atoms with Crippen LogP contribution in [-0.4, -0.2) is 12.6 Å². The second-order valence-electron chi connectivity index (χ2n) is 4.91. The fourth-order valence-corrected chi connectivity index (χ4v) is 1.25. The van der Waals surface area contributed by atoms with E-state index in [1.807, 2.05) is 20.8 Å². The Morgan fingerprint density at radius 3 is 2.18 bits per heavy atom. The van der Waals surface area contributed by atoms with Crippen molar-refractivity contribution >= 4 is 5.97 Å². The molecule has 2 nitrogen and oxygen atoms in total. The number of hydrogen-bond donors (Lipinski definition) is 0. The topological polar surface area (TPSA) is 26.3 Å². The molecular weight excluding hydrogens is 212 g/mol. The maximum atomic E-state index is 11.4. The molecule has 0 aliphatic carbocycles. The highest BCUT2D eigenvalue weighted by Gasteiger charge is 2.10. The molecule has 0 N–H and O–H groups in total. The highest BCUT2D eigenvalue weighted by atomic mass is 16.5. The second-order valence-corrected chi connectivity index (χ2v) is 4.91. The van der Waals surface area contributed by atoms with Gasteiger partial charge in [0.05, 0.1) is 6.61 Å². The van der Waals surface area contributed by atoms with Crippen LogP contribution in [0, 0.1) is 5.92 Å². The number of allylic oxidation sites excluding steroid dienone is 3. The molecule has 0 saturated carbocycles. The predicted molar refractivity (Wildman–Crippen MR) is 72.7 cm³/mol. The summed E-state index contributed by atoms with van der Waals surface area (Å²) in [5.74, 6) is -0.0622. The van der Waals surface area contributed by atoms with Crippen LogP contribution in [0.1, 0.15) is 41.0 Å². The van der Waals surface area contributed by atoms with Crippen molar-refractivity contribution in [1.82, 2.24) is 0 Å². The van der Waals surface area contributed by atoms with Crippen molar-refractivity contribution in [3.05, 3.63) is 35.5 Å². The lowest BCUT2D eigenvalue weighted by molar-refractivity contribution is -0.138. The van der Waals surface area contributed by atoms with Gasteiger partial charge in [-0.05, 0) is 41.0 Å². The van der Waals surface area contributed by atoms with Crippen molar-refractivity contribution in [1.29, 1.82) is 0 Å². The molecule has 96 valence electrons. The number of rotatable bonds is 6. The third-order valence-electron chi connectivity index (χ3n) is 2.34. The molecule has 17 heavy (non-hydrogen) atoms. The highest BCUT2D eigenvalue weighted by Crippen LogP contribution is 2.15. The van der Waals surface area contributed by atoms with E-state index in [-0.39, 0.29) is 11.9 Å². The molecule has 0 aromatic rings. The van der Waals surface area contributed by atoms with Gasteiger partial charge in [-0.15, -0.1) is 0 Å². The van der Waals surface area contributed by atoms with E-state index in [0.717, 1.165) is 17.6 Å². The zero-order chi connectivity index (χ0) is 13.4. The number of carbonyl (C=O) groups excluding carboxylic acids is 1. The van der Waals surface area contributed by atoms with Gasteiger partial charge in [-0.25, -0.2) is 4.79 Å². The molecule has 0 fully saturated rings. The van der Waals surface area contributed by atoms with Crippen LogP contribution in [0.25, 0.3) is 0 Å². The van der Waals surface area contributed by atoms with Crippen LogP contribution in [0.15, 0.2) is 35.5 Å². The molecule has 0 spiro atoms. The Bertz CT molecular complexity index is 327. The Hall–Kier alpha value is -1.31. The highest BCUT2D eigenvalue weighted by molar-refractivity contribution is 5.82. The van der Waals surface area contributed by atoms with Gasteiger partial charge >= 0.3 is 5.97 Å². The number of hydrogen-bond acceptors (Lipinski definition) is 2. The standard InChI is InChI=1S/C15H24O2/c1-11(2)7-8-14(13(5)6)10-17-15(16)9-12(3)4/h7,9,14H,5,8,10H2,1-4,6H3/t14-/m0/s1. The third kappa shape index (κ3) is 8.49. The van der Waals surface area contributed by atoms with Crippen molar-refractivity contribution in [2.45, 2.75) is 41.0 Å². The molecule has 1 atom stereocenters. The Morgan fingerprint density at radius 1 is 1.18 bits per heavy atom. The van der Waals surface area contributed by atoms with Crippen molar-refractivity contribution in [2.24, 2.45) is 5.92 Å². The zero-order valence-electron chi connectivity index (χ0n) is 11.7. The zero-order valence-corrected chi connectivity index (χ0v) is 11.7. The first-order chi connectivity index (χ1) is 7.82. The molecule has 0 unspecified atom stereocenters. The molecule has 0 saturated heterocycles. The molecule has 0 heterocycles. The first kappa shape index (κ1) is 15.7. The summed E-state index contributed by atoms with van der Waals surface area (Å²) in [4.78, 5) is 11.4. The van der Waals surface area contributed by atoms with Crippen LogP contribution in [0.2, 0.25) is 0 Å². The largest absolute Gasteiger partial charge is 0.462 e. The first-order valence-corrected chi connectivity index (χ1v) is 5.93. The van der Waals surface area contributed by atoms with Gasteiger partial charge in [0, 0.05) is 12.0 Å². The lowest BCUT2D eigenvalue weighted by Gasteiger charge is -2.15. The van der Waals surface area contributed by atoms with Gasteiger partial charge in [-0.2, -0.15) is 0 Å². The van der Waals surface area contributed by atoms with Crippen LogP contribution < -0.4 is 0 Å². The fraction of sp³-hybridized carbons (Fsp3) is 0.533. The van der Waals surface area contributed by atoms with E-state index < -0.39 is 0 Å². The van der Waals surface area contributed by atoms with E-state index in [1.165, 1.54) is 11.6 Å². The van der Waals surface area contributed by atoms with Crippen LogP contribution in [0.3, 0.4) is 0 Å². The molecule has 0 aromatic carbocycles. The van der Waals surface area contributed by atoms with E-state index in [2.05, 4.69) is 26.5 Å². The molecule has 0 aliphatic rings. The Kier molecular flexibility index (Phi) is 7.27. The fourth-order valence-electron chi connectivity index (χ4n) is 1.25. The molecule has 0 bridgehead atoms. The van der Waals surface area contributed by atoms with E-state index >= 15 is 0 Å². The van der Waals surface area contributed by atoms with Gasteiger partial charge < -0.3 is 4.74 Å². The van der Waals surface area contributed by atoms with Crippen LogP contribution in [0.5, 0.6) is 0 Å². The predicted octanol–water partition coefficient (Wildman–Crippen LogP) is 4.04. The molecule has 0 aromatic heterocycles. The van der Waals surface area contributed by atoms with Crippen LogP contribution in [-0.2, 0) is 9.53 Å². The lowest BCUT2D eigenvalue weighted by atomic mass is 9.98. The summed E-state index contributed by atoms with van der Waals surface area (Å²) in [7, 11) is 0. The van der Waals surface area contributed by atoms with E-state index in [0.29, 0.717) is 6.61 Å². The SMILES string of the molecule is C=C(C)[C@@H](CC=C(C)C)COC(=O)C=C(C)C. The summed E-state index contributed by atoms with van der Waals surface area (Å²) in [6, 6.07) is 0. The summed E-state index contributed by atoms with van der Waals surface area (Å²) >= 11 is 0. The van der Waals surface area contributed by atoms with Crippen molar-refractivity contribution < 1.29 is 9.53 Å². The molecular formula is C15H24O2. The summed E-state index contributed by atoms with van der Waals surface area (Å²) in [5.41, 5.74) is 3.27. The Morgan fingerprint density at radius 2 is 1.76 bits per heavy atom. The van der Waals surface area contributed by atoms with Gasteiger partial charge in [0.15, 0.2) is 0 Å². The quantitative estimate of drug-likeness (QED) is 0.395. The molecule has 0 rings (SSSR count). The average molecular weight is 236 g/mol. The lowest BCUT2D eigenvalue weighted by Crippen LogP contribution is -2.13. The van der Waals surface area contributed by atoms with Crippen molar-refractivity contribution in [2.75, 3.05) is 6.61 Å². The summed E-state index contributed by atoms with van der Waals surface area (Å²) < 4.78 is 5.20.